The Kier molecular flexibility index (Phi) is 5.26. The van der Waals surface area contributed by atoms with Crippen LogP contribution in [0.2, 0.25) is 5.02 Å². The number of benzene rings is 1. The second-order valence-corrected chi connectivity index (χ2v) is 6.40. The Labute approximate surface area is 121 Å². The first kappa shape index (κ1) is 14.8. The molecule has 1 saturated heterocycles. The molecule has 0 saturated carbocycles. The standard InChI is InChI=1S/C16H25ClN2/c1-12-7-9-19(13(2)11-12)10-8-16(18)14-3-5-15(17)6-4-14/h3-6,12-13,16H,7-11,18H2,1-2H3. The summed E-state index contributed by atoms with van der Waals surface area (Å²) in [6.07, 6.45) is 3.65. The molecule has 1 aromatic rings. The van der Waals surface area contributed by atoms with Crippen LogP contribution in [0.5, 0.6) is 0 Å². The highest BCUT2D eigenvalue weighted by Crippen LogP contribution is 2.24. The van der Waals surface area contributed by atoms with Crippen molar-refractivity contribution in [2.45, 2.75) is 45.2 Å². The lowest BCUT2D eigenvalue weighted by Crippen LogP contribution is -2.41. The van der Waals surface area contributed by atoms with Gasteiger partial charge in [0.2, 0.25) is 0 Å². The zero-order valence-corrected chi connectivity index (χ0v) is 12.7. The second-order valence-electron chi connectivity index (χ2n) is 5.96. The number of hydrogen-bond acceptors (Lipinski definition) is 2. The summed E-state index contributed by atoms with van der Waals surface area (Å²) >= 11 is 5.90. The van der Waals surface area contributed by atoms with Gasteiger partial charge in [-0.1, -0.05) is 30.7 Å². The third kappa shape index (κ3) is 4.20. The van der Waals surface area contributed by atoms with Crippen molar-refractivity contribution in [3.63, 3.8) is 0 Å². The van der Waals surface area contributed by atoms with Crippen molar-refractivity contribution in [1.29, 1.82) is 0 Å². The highest BCUT2D eigenvalue weighted by molar-refractivity contribution is 6.30. The maximum atomic E-state index is 6.27. The molecular formula is C16H25ClN2. The van der Waals surface area contributed by atoms with Crippen LogP contribution in [0.4, 0.5) is 0 Å². The first-order chi connectivity index (χ1) is 9.06. The van der Waals surface area contributed by atoms with E-state index in [0.717, 1.165) is 23.9 Å². The number of likely N-dealkylation sites (tertiary alicyclic amines) is 1. The third-order valence-electron chi connectivity index (χ3n) is 4.30. The molecule has 2 nitrogen and oxygen atoms in total. The van der Waals surface area contributed by atoms with Crippen molar-refractivity contribution >= 4 is 11.6 Å². The summed E-state index contributed by atoms with van der Waals surface area (Å²) in [6, 6.07) is 8.72. The lowest BCUT2D eigenvalue weighted by atomic mass is 9.93. The quantitative estimate of drug-likeness (QED) is 0.908. The molecule has 0 spiro atoms. The van der Waals surface area contributed by atoms with Gasteiger partial charge in [0.25, 0.3) is 0 Å². The zero-order chi connectivity index (χ0) is 13.8. The molecule has 1 aliphatic heterocycles. The van der Waals surface area contributed by atoms with Gasteiger partial charge in [0.05, 0.1) is 0 Å². The van der Waals surface area contributed by atoms with E-state index in [1.165, 1.54) is 24.9 Å². The monoisotopic (exact) mass is 280 g/mol. The van der Waals surface area contributed by atoms with E-state index in [-0.39, 0.29) is 6.04 Å². The van der Waals surface area contributed by atoms with Crippen LogP contribution >= 0.6 is 11.6 Å². The van der Waals surface area contributed by atoms with Gasteiger partial charge in [-0.25, -0.2) is 0 Å². The summed E-state index contributed by atoms with van der Waals surface area (Å²) in [4.78, 5) is 2.58. The molecule has 0 amide bonds. The average molecular weight is 281 g/mol. The van der Waals surface area contributed by atoms with Crippen LogP contribution < -0.4 is 5.73 Å². The largest absolute Gasteiger partial charge is 0.324 e. The maximum absolute atomic E-state index is 6.27. The fourth-order valence-electron chi connectivity index (χ4n) is 2.97. The number of rotatable bonds is 4. The minimum absolute atomic E-state index is 0.115. The van der Waals surface area contributed by atoms with Gasteiger partial charge in [0.15, 0.2) is 0 Å². The van der Waals surface area contributed by atoms with E-state index in [0.29, 0.717) is 6.04 Å². The van der Waals surface area contributed by atoms with Crippen LogP contribution in [-0.2, 0) is 0 Å². The average Bonchev–Trinajstić information content (AvgIpc) is 2.38. The molecule has 2 N–H and O–H groups in total. The summed E-state index contributed by atoms with van der Waals surface area (Å²) in [6.45, 7) is 7.00. The SMILES string of the molecule is CC1CCN(CCC(N)c2ccc(Cl)cc2)C(C)C1. The van der Waals surface area contributed by atoms with Crippen LogP contribution in [0, 0.1) is 5.92 Å². The molecule has 1 aromatic carbocycles. The Balaban J connectivity index is 1.83. The zero-order valence-electron chi connectivity index (χ0n) is 12.0. The van der Waals surface area contributed by atoms with Gasteiger partial charge < -0.3 is 10.6 Å². The molecule has 0 aromatic heterocycles. The summed E-state index contributed by atoms with van der Waals surface area (Å²) < 4.78 is 0. The molecule has 3 atom stereocenters. The van der Waals surface area contributed by atoms with Gasteiger partial charge in [-0.3, -0.25) is 0 Å². The van der Waals surface area contributed by atoms with Crippen LogP contribution in [0.15, 0.2) is 24.3 Å². The topological polar surface area (TPSA) is 29.3 Å². The van der Waals surface area contributed by atoms with Crippen molar-refractivity contribution in [1.82, 2.24) is 4.90 Å². The predicted octanol–water partition coefficient (Wildman–Crippen LogP) is 3.85. The fraction of sp³-hybridized carbons (Fsp3) is 0.625. The molecule has 19 heavy (non-hydrogen) atoms. The smallest absolute Gasteiger partial charge is 0.0406 e. The third-order valence-corrected chi connectivity index (χ3v) is 4.55. The van der Waals surface area contributed by atoms with Gasteiger partial charge in [-0.05, 0) is 56.3 Å². The van der Waals surface area contributed by atoms with Crippen molar-refractivity contribution in [2.75, 3.05) is 13.1 Å². The van der Waals surface area contributed by atoms with Gasteiger partial charge in [0.1, 0.15) is 0 Å². The van der Waals surface area contributed by atoms with Gasteiger partial charge in [-0.15, -0.1) is 0 Å². The number of hydrogen-bond donors (Lipinski definition) is 1. The highest BCUT2D eigenvalue weighted by atomic mass is 35.5. The molecule has 3 heteroatoms. The molecule has 2 rings (SSSR count). The van der Waals surface area contributed by atoms with Crippen LogP contribution in [0.1, 0.15) is 44.7 Å². The summed E-state index contributed by atoms with van der Waals surface area (Å²) in [5, 5.41) is 0.773. The Hall–Kier alpha value is -0.570. The van der Waals surface area contributed by atoms with Crippen molar-refractivity contribution in [3.05, 3.63) is 34.9 Å². The highest BCUT2D eigenvalue weighted by Gasteiger charge is 2.22. The second kappa shape index (κ2) is 6.74. The lowest BCUT2D eigenvalue weighted by Gasteiger charge is -2.37. The Bertz CT molecular complexity index is 390. The fourth-order valence-corrected chi connectivity index (χ4v) is 3.10. The normalized spacial score (nSPS) is 26.3. The first-order valence-corrected chi connectivity index (χ1v) is 7.69. The van der Waals surface area contributed by atoms with Gasteiger partial charge in [-0.2, -0.15) is 0 Å². The van der Waals surface area contributed by atoms with Crippen LogP contribution in [0.25, 0.3) is 0 Å². The molecule has 1 fully saturated rings. The summed E-state index contributed by atoms with van der Waals surface area (Å²) in [7, 11) is 0. The van der Waals surface area contributed by atoms with E-state index in [1.807, 2.05) is 24.3 Å². The molecule has 3 unspecified atom stereocenters. The Morgan fingerprint density at radius 2 is 2.00 bits per heavy atom. The van der Waals surface area contributed by atoms with Crippen molar-refractivity contribution in [3.8, 4) is 0 Å². The number of nitrogens with zero attached hydrogens (tertiary/aromatic N) is 1. The minimum Gasteiger partial charge on any atom is -0.324 e. The lowest BCUT2D eigenvalue weighted by molar-refractivity contribution is 0.125. The predicted molar refractivity (Wildman–Crippen MR) is 82.4 cm³/mol. The Morgan fingerprint density at radius 3 is 2.63 bits per heavy atom. The van der Waals surface area contributed by atoms with E-state index in [2.05, 4.69) is 18.7 Å². The number of nitrogens with two attached hydrogens (primary N) is 1. The Morgan fingerprint density at radius 1 is 1.32 bits per heavy atom. The summed E-state index contributed by atoms with van der Waals surface area (Å²) in [5.74, 6) is 0.871. The molecule has 0 bridgehead atoms. The molecule has 0 radical (unpaired) electrons. The van der Waals surface area contributed by atoms with E-state index < -0.39 is 0 Å². The summed E-state index contributed by atoms with van der Waals surface area (Å²) in [5.41, 5.74) is 7.45. The van der Waals surface area contributed by atoms with E-state index >= 15 is 0 Å². The van der Waals surface area contributed by atoms with Crippen molar-refractivity contribution in [2.24, 2.45) is 11.7 Å². The van der Waals surface area contributed by atoms with Gasteiger partial charge >= 0.3 is 0 Å². The number of piperidine rings is 1. The van der Waals surface area contributed by atoms with Crippen LogP contribution in [0.3, 0.4) is 0 Å². The molecule has 1 aliphatic rings. The van der Waals surface area contributed by atoms with E-state index in [4.69, 9.17) is 17.3 Å². The van der Waals surface area contributed by atoms with Gasteiger partial charge in [0, 0.05) is 23.7 Å². The van der Waals surface area contributed by atoms with Crippen LogP contribution in [-0.4, -0.2) is 24.0 Å². The maximum Gasteiger partial charge on any atom is 0.0406 e. The first-order valence-electron chi connectivity index (χ1n) is 7.31. The van der Waals surface area contributed by atoms with Crippen molar-refractivity contribution < 1.29 is 0 Å². The molecular weight excluding hydrogens is 256 g/mol. The molecule has 1 heterocycles. The molecule has 0 aliphatic carbocycles. The van der Waals surface area contributed by atoms with E-state index in [1.54, 1.807) is 0 Å². The molecule has 106 valence electrons. The number of halogens is 1. The minimum atomic E-state index is 0.115. The van der Waals surface area contributed by atoms with E-state index in [9.17, 15) is 0 Å².